The second kappa shape index (κ2) is 6.74. The molecule has 0 aromatic heterocycles. The maximum absolute atomic E-state index is 11.5. The van der Waals surface area contributed by atoms with E-state index >= 15 is 0 Å². The number of hydrazine groups is 1. The van der Waals surface area contributed by atoms with Gasteiger partial charge in [0.15, 0.2) is 0 Å². The van der Waals surface area contributed by atoms with Crippen LogP contribution in [0.15, 0.2) is 30.3 Å². The Labute approximate surface area is 94.8 Å². The summed E-state index contributed by atoms with van der Waals surface area (Å²) >= 11 is 0. The Balaban J connectivity index is 2.24. The SMILES string of the molecule is NNC(=O)CCCC(=O)Cc1ccccc1. The summed E-state index contributed by atoms with van der Waals surface area (Å²) in [7, 11) is 0. The van der Waals surface area contributed by atoms with Crippen LogP contribution < -0.4 is 11.3 Å². The molecule has 0 bridgehead atoms. The smallest absolute Gasteiger partial charge is 0.233 e. The lowest BCUT2D eigenvalue weighted by atomic mass is 10.0. The zero-order valence-electron chi connectivity index (χ0n) is 9.11. The second-order valence-electron chi connectivity index (χ2n) is 3.62. The molecule has 0 aliphatic heterocycles. The maximum atomic E-state index is 11.5. The predicted octanol–water partition coefficient (Wildman–Crippen LogP) is 0.958. The molecule has 16 heavy (non-hydrogen) atoms. The van der Waals surface area contributed by atoms with E-state index in [0.717, 1.165) is 5.56 Å². The molecule has 0 saturated heterocycles. The summed E-state index contributed by atoms with van der Waals surface area (Å²) in [5.74, 6) is 4.85. The number of carbonyl (C=O) groups is 2. The zero-order valence-corrected chi connectivity index (χ0v) is 9.11. The Morgan fingerprint density at radius 2 is 1.81 bits per heavy atom. The van der Waals surface area contributed by atoms with Gasteiger partial charge in [-0.1, -0.05) is 30.3 Å². The van der Waals surface area contributed by atoms with Crippen LogP contribution in [0.25, 0.3) is 0 Å². The molecule has 0 spiro atoms. The molecule has 0 unspecified atom stereocenters. The lowest BCUT2D eigenvalue weighted by molar-refractivity contribution is -0.121. The molecule has 0 saturated carbocycles. The van der Waals surface area contributed by atoms with Gasteiger partial charge in [0.25, 0.3) is 0 Å². The standard InChI is InChI=1S/C12H16N2O2/c13-14-12(16)8-4-7-11(15)9-10-5-2-1-3-6-10/h1-3,5-6H,4,7-9,13H2,(H,14,16). The fourth-order valence-electron chi connectivity index (χ4n) is 1.43. The van der Waals surface area contributed by atoms with Crippen LogP contribution in [0.4, 0.5) is 0 Å². The summed E-state index contributed by atoms with van der Waals surface area (Å²) in [6, 6.07) is 9.57. The second-order valence-corrected chi connectivity index (χ2v) is 3.62. The first kappa shape index (κ1) is 12.4. The van der Waals surface area contributed by atoms with Crippen molar-refractivity contribution in [2.75, 3.05) is 0 Å². The Hall–Kier alpha value is -1.68. The topological polar surface area (TPSA) is 72.2 Å². The number of nitrogens with one attached hydrogen (secondary N) is 1. The summed E-state index contributed by atoms with van der Waals surface area (Å²) in [4.78, 5) is 22.3. The molecule has 0 heterocycles. The Morgan fingerprint density at radius 3 is 2.44 bits per heavy atom. The van der Waals surface area contributed by atoms with Gasteiger partial charge in [-0.3, -0.25) is 15.0 Å². The summed E-state index contributed by atoms with van der Waals surface area (Å²) in [6.45, 7) is 0. The number of benzene rings is 1. The van der Waals surface area contributed by atoms with Gasteiger partial charge in [-0.25, -0.2) is 5.84 Å². The van der Waals surface area contributed by atoms with Crippen molar-refractivity contribution < 1.29 is 9.59 Å². The maximum Gasteiger partial charge on any atom is 0.233 e. The van der Waals surface area contributed by atoms with Crippen LogP contribution in [-0.2, 0) is 16.0 Å². The number of rotatable bonds is 6. The highest BCUT2D eigenvalue weighted by atomic mass is 16.2. The van der Waals surface area contributed by atoms with E-state index in [9.17, 15) is 9.59 Å². The van der Waals surface area contributed by atoms with E-state index in [0.29, 0.717) is 25.7 Å². The number of amides is 1. The minimum absolute atomic E-state index is 0.149. The first-order chi connectivity index (χ1) is 7.72. The molecule has 1 amide bonds. The van der Waals surface area contributed by atoms with Gasteiger partial charge in [0, 0.05) is 19.3 Å². The van der Waals surface area contributed by atoms with Gasteiger partial charge < -0.3 is 0 Å². The number of nitrogens with two attached hydrogens (primary N) is 1. The summed E-state index contributed by atoms with van der Waals surface area (Å²) in [5, 5.41) is 0. The molecule has 0 fully saturated rings. The third-order valence-electron chi connectivity index (χ3n) is 2.26. The molecule has 0 atom stereocenters. The molecule has 1 rings (SSSR count). The molecule has 86 valence electrons. The van der Waals surface area contributed by atoms with E-state index in [4.69, 9.17) is 5.84 Å². The highest BCUT2D eigenvalue weighted by Crippen LogP contribution is 2.04. The molecule has 0 aliphatic rings. The summed E-state index contributed by atoms with van der Waals surface area (Å²) in [5.41, 5.74) is 3.05. The fraction of sp³-hybridized carbons (Fsp3) is 0.333. The van der Waals surface area contributed by atoms with Crippen LogP contribution in [0.3, 0.4) is 0 Å². The van der Waals surface area contributed by atoms with E-state index in [1.807, 2.05) is 35.8 Å². The lowest BCUT2D eigenvalue weighted by Crippen LogP contribution is -2.29. The number of hydrogen-bond acceptors (Lipinski definition) is 3. The largest absolute Gasteiger partial charge is 0.299 e. The van der Waals surface area contributed by atoms with Gasteiger partial charge in [-0.05, 0) is 12.0 Å². The van der Waals surface area contributed by atoms with Crippen LogP contribution >= 0.6 is 0 Å². The van der Waals surface area contributed by atoms with Gasteiger partial charge in [0.2, 0.25) is 5.91 Å². The quantitative estimate of drug-likeness (QED) is 0.426. The van der Waals surface area contributed by atoms with Crippen LogP contribution in [0.2, 0.25) is 0 Å². The average molecular weight is 220 g/mol. The molecule has 0 aliphatic carbocycles. The van der Waals surface area contributed by atoms with Crippen molar-refractivity contribution in [1.29, 1.82) is 0 Å². The Kier molecular flexibility index (Phi) is 5.22. The molecule has 3 N–H and O–H groups in total. The van der Waals surface area contributed by atoms with Crippen molar-refractivity contribution in [2.24, 2.45) is 5.84 Å². The van der Waals surface area contributed by atoms with Crippen molar-refractivity contribution in [1.82, 2.24) is 5.43 Å². The minimum Gasteiger partial charge on any atom is -0.299 e. The van der Waals surface area contributed by atoms with E-state index in [1.54, 1.807) is 0 Å². The summed E-state index contributed by atoms with van der Waals surface area (Å²) < 4.78 is 0. The zero-order chi connectivity index (χ0) is 11.8. The monoisotopic (exact) mass is 220 g/mol. The highest BCUT2D eigenvalue weighted by Gasteiger charge is 2.05. The number of Topliss-reactive ketones (excluding diaryl/α,β-unsaturated/α-hetero) is 1. The van der Waals surface area contributed by atoms with Crippen molar-refractivity contribution in [3.63, 3.8) is 0 Å². The van der Waals surface area contributed by atoms with Crippen molar-refractivity contribution in [2.45, 2.75) is 25.7 Å². The number of hydrogen-bond donors (Lipinski definition) is 2. The van der Waals surface area contributed by atoms with Gasteiger partial charge in [0.1, 0.15) is 5.78 Å². The first-order valence-corrected chi connectivity index (χ1v) is 5.27. The van der Waals surface area contributed by atoms with Gasteiger partial charge in [-0.15, -0.1) is 0 Å². The van der Waals surface area contributed by atoms with E-state index in [-0.39, 0.29) is 11.7 Å². The average Bonchev–Trinajstić information content (AvgIpc) is 2.30. The first-order valence-electron chi connectivity index (χ1n) is 5.27. The van der Waals surface area contributed by atoms with Crippen LogP contribution in [0, 0.1) is 0 Å². The lowest BCUT2D eigenvalue weighted by Gasteiger charge is -2.01. The molecule has 1 aromatic carbocycles. The number of ketones is 1. The van der Waals surface area contributed by atoms with Gasteiger partial charge in [0.05, 0.1) is 0 Å². The highest BCUT2D eigenvalue weighted by molar-refractivity contribution is 5.81. The molecular weight excluding hydrogens is 204 g/mol. The van der Waals surface area contributed by atoms with Crippen molar-refractivity contribution >= 4 is 11.7 Å². The molecular formula is C12H16N2O2. The van der Waals surface area contributed by atoms with Crippen molar-refractivity contribution in [3.8, 4) is 0 Å². The number of carbonyl (C=O) groups excluding carboxylic acids is 2. The Bertz CT molecular complexity index is 349. The molecule has 4 heteroatoms. The van der Waals surface area contributed by atoms with Gasteiger partial charge in [-0.2, -0.15) is 0 Å². The van der Waals surface area contributed by atoms with Crippen LogP contribution in [-0.4, -0.2) is 11.7 Å². The molecule has 1 aromatic rings. The third kappa shape index (κ3) is 4.70. The van der Waals surface area contributed by atoms with Crippen LogP contribution in [0.5, 0.6) is 0 Å². The fourth-order valence-corrected chi connectivity index (χ4v) is 1.43. The predicted molar refractivity (Wildman–Crippen MR) is 61.3 cm³/mol. The molecule has 0 radical (unpaired) electrons. The van der Waals surface area contributed by atoms with Gasteiger partial charge >= 0.3 is 0 Å². The minimum atomic E-state index is -0.229. The third-order valence-corrected chi connectivity index (χ3v) is 2.26. The van der Waals surface area contributed by atoms with E-state index < -0.39 is 0 Å². The van der Waals surface area contributed by atoms with Crippen LogP contribution in [0.1, 0.15) is 24.8 Å². The molecule has 4 nitrogen and oxygen atoms in total. The van der Waals surface area contributed by atoms with E-state index in [1.165, 1.54) is 0 Å². The summed E-state index contributed by atoms with van der Waals surface area (Å²) in [6.07, 6.45) is 1.71. The van der Waals surface area contributed by atoms with E-state index in [2.05, 4.69) is 0 Å². The Morgan fingerprint density at radius 1 is 1.12 bits per heavy atom. The normalized spacial score (nSPS) is 9.81. The van der Waals surface area contributed by atoms with Crippen molar-refractivity contribution in [3.05, 3.63) is 35.9 Å².